The van der Waals surface area contributed by atoms with E-state index in [2.05, 4.69) is 20.7 Å². The summed E-state index contributed by atoms with van der Waals surface area (Å²) in [7, 11) is -3.84. The molecular formula is C12H14BrClFNO2S. The number of hydrogen-bond acceptors (Lipinski definition) is 2. The molecule has 2 unspecified atom stereocenters. The van der Waals surface area contributed by atoms with Crippen molar-refractivity contribution < 1.29 is 12.8 Å². The van der Waals surface area contributed by atoms with Crippen molar-refractivity contribution in [2.24, 2.45) is 5.92 Å². The maximum absolute atomic E-state index is 13.7. The van der Waals surface area contributed by atoms with Gasteiger partial charge < -0.3 is 0 Å². The highest BCUT2D eigenvalue weighted by molar-refractivity contribution is 9.10. The number of hydrogen-bond donors (Lipinski definition) is 1. The van der Waals surface area contributed by atoms with Gasteiger partial charge in [0.05, 0.1) is 0 Å². The minimum Gasteiger partial charge on any atom is -0.208 e. The second kappa shape index (κ2) is 6.08. The monoisotopic (exact) mass is 369 g/mol. The predicted octanol–water partition coefficient (Wildman–Crippen LogP) is 3.27. The zero-order valence-electron chi connectivity index (χ0n) is 10.1. The van der Waals surface area contributed by atoms with Gasteiger partial charge in [0.25, 0.3) is 0 Å². The first-order valence-electron chi connectivity index (χ1n) is 5.97. The molecular weight excluding hydrogens is 357 g/mol. The van der Waals surface area contributed by atoms with Crippen molar-refractivity contribution in [2.75, 3.05) is 5.88 Å². The summed E-state index contributed by atoms with van der Waals surface area (Å²) in [5, 5.41) is 0. The smallest absolute Gasteiger partial charge is 0.208 e. The Morgan fingerprint density at radius 2 is 2.16 bits per heavy atom. The third-order valence-corrected chi connectivity index (χ3v) is 5.76. The van der Waals surface area contributed by atoms with E-state index in [1.165, 1.54) is 12.1 Å². The minimum atomic E-state index is -3.84. The van der Waals surface area contributed by atoms with Crippen LogP contribution in [0, 0.1) is 11.7 Å². The summed E-state index contributed by atoms with van der Waals surface area (Å²) in [5.74, 6) is -0.229. The van der Waals surface area contributed by atoms with Crippen molar-refractivity contribution in [1.82, 2.24) is 4.72 Å². The molecule has 1 N–H and O–H groups in total. The Bertz CT molecular complexity index is 567. The van der Waals surface area contributed by atoms with Gasteiger partial charge in [0, 0.05) is 16.4 Å². The molecule has 2 rings (SSSR count). The molecule has 1 fully saturated rings. The zero-order chi connectivity index (χ0) is 14.0. The van der Waals surface area contributed by atoms with Crippen LogP contribution < -0.4 is 4.72 Å². The third-order valence-electron chi connectivity index (χ3n) is 3.35. The fraction of sp³-hybridized carbons (Fsp3) is 0.500. The van der Waals surface area contributed by atoms with E-state index in [4.69, 9.17) is 11.6 Å². The summed E-state index contributed by atoms with van der Waals surface area (Å²) in [6, 6.07) is 3.70. The Balaban J connectivity index is 2.23. The summed E-state index contributed by atoms with van der Waals surface area (Å²) in [5.41, 5.74) is 0. The van der Waals surface area contributed by atoms with Gasteiger partial charge in [0.15, 0.2) is 0 Å². The summed E-state index contributed by atoms with van der Waals surface area (Å²) < 4.78 is 41.1. The third kappa shape index (κ3) is 3.48. The van der Waals surface area contributed by atoms with Crippen LogP contribution in [0.25, 0.3) is 0 Å². The molecule has 1 aliphatic carbocycles. The van der Waals surface area contributed by atoms with Gasteiger partial charge in [-0.3, -0.25) is 0 Å². The number of sulfonamides is 1. The van der Waals surface area contributed by atoms with Crippen molar-refractivity contribution in [1.29, 1.82) is 0 Å². The van der Waals surface area contributed by atoms with Crippen LogP contribution >= 0.6 is 27.5 Å². The average Bonchev–Trinajstić information content (AvgIpc) is 2.74. The Kier molecular flexibility index (Phi) is 4.87. The minimum absolute atomic E-state index is 0.120. The highest BCUT2D eigenvalue weighted by Gasteiger charge is 2.31. The molecule has 0 saturated heterocycles. The zero-order valence-corrected chi connectivity index (χ0v) is 13.2. The van der Waals surface area contributed by atoms with E-state index in [0.29, 0.717) is 10.4 Å². The van der Waals surface area contributed by atoms with Gasteiger partial charge in [0.1, 0.15) is 10.7 Å². The molecule has 0 aromatic heterocycles. The van der Waals surface area contributed by atoms with E-state index in [9.17, 15) is 12.8 Å². The molecule has 19 heavy (non-hydrogen) atoms. The van der Waals surface area contributed by atoms with Crippen molar-refractivity contribution >= 4 is 37.6 Å². The lowest BCUT2D eigenvalue weighted by atomic mass is 10.1. The predicted molar refractivity (Wildman–Crippen MR) is 76.3 cm³/mol. The SMILES string of the molecule is O=S(=O)(NC1CCCC1CCl)c1ccc(Br)cc1F. The Morgan fingerprint density at radius 3 is 2.79 bits per heavy atom. The van der Waals surface area contributed by atoms with Gasteiger partial charge in [-0.1, -0.05) is 22.4 Å². The molecule has 106 valence electrons. The van der Waals surface area contributed by atoms with Crippen molar-refractivity contribution in [3.63, 3.8) is 0 Å². The van der Waals surface area contributed by atoms with Gasteiger partial charge in [-0.25, -0.2) is 17.5 Å². The molecule has 7 heteroatoms. The summed E-state index contributed by atoms with van der Waals surface area (Å²) in [6.45, 7) is 0. The second-order valence-corrected chi connectivity index (χ2v) is 7.55. The summed E-state index contributed by atoms with van der Waals surface area (Å²) >= 11 is 8.91. The van der Waals surface area contributed by atoms with Gasteiger partial charge in [-0.15, -0.1) is 11.6 Å². The van der Waals surface area contributed by atoms with Crippen molar-refractivity contribution in [3.05, 3.63) is 28.5 Å². The first-order valence-corrected chi connectivity index (χ1v) is 8.78. The van der Waals surface area contributed by atoms with Gasteiger partial charge in [-0.2, -0.15) is 0 Å². The molecule has 0 heterocycles. The van der Waals surface area contributed by atoms with E-state index in [-0.39, 0.29) is 16.9 Å². The molecule has 0 bridgehead atoms. The molecule has 0 spiro atoms. The first kappa shape index (κ1) is 15.2. The maximum Gasteiger partial charge on any atom is 0.243 e. The Labute approximate surface area is 125 Å². The van der Waals surface area contributed by atoms with Crippen LogP contribution in [0.4, 0.5) is 4.39 Å². The van der Waals surface area contributed by atoms with Crippen LogP contribution in [0.1, 0.15) is 19.3 Å². The molecule has 0 radical (unpaired) electrons. The lowest BCUT2D eigenvalue weighted by Crippen LogP contribution is -2.38. The number of benzene rings is 1. The number of alkyl halides is 1. The van der Waals surface area contributed by atoms with Crippen LogP contribution in [0.2, 0.25) is 0 Å². The fourth-order valence-corrected chi connectivity index (χ4v) is 4.43. The van der Waals surface area contributed by atoms with Crippen LogP contribution in [-0.4, -0.2) is 20.3 Å². The molecule has 0 aliphatic heterocycles. The molecule has 1 aliphatic rings. The topological polar surface area (TPSA) is 46.2 Å². The largest absolute Gasteiger partial charge is 0.243 e. The van der Waals surface area contributed by atoms with E-state index in [0.717, 1.165) is 25.3 Å². The van der Waals surface area contributed by atoms with E-state index >= 15 is 0 Å². The number of halogens is 3. The summed E-state index contributed by atoms with van der Waals surface area (Å²) in [6.07, 6.45) is 2.58. The second-order valence-electron chi connectivity index (χ2n) is 4.65. The highest BCUT2D eigenvalue weighted by atomic mass is 79.9. The molecule has 1 aromatic carbocycles. The van der Waals surface area contributed by atoms with E-state index < -0.39 is 15.8 Å². The molecule has 3 nitrogen and oxygen atoms in total. The van der Waals surface area contributed by atoms with Crippen LogP contribution in [0.5, 0.6) is 0 Å². The van der Waals surface area contributed by atoms with Gasteiger partial charge in [-0.05, 0) is 37.0 Å². The lowest BCUT2D eigenvalue weighted by molar-refractivity contribution is 0.477. The van der Waals surface area contributed by atoms with Gasteiger partial charge in [0.2, 0.25) is 10.0 Å². The lowest BCUT2D eigenvalue weighted by Gasteiger charge is -2.19. The molecule has 1 saturated carbocycles. The van der Waals surface area contributed by atoms with Crippen LogP contribution in [-0.2, 0) is 10.0 Å². The van der Waals surface area contributed by atoms with E-state index in [1.54, 1.807) is 0 Å². The van der Waals surface area contributed by atoms with Crippen LogP contribution in [0.3, 0.4) is 0 Å². The number of rotatable bonds is 4. The highest BCUT2D eigenvalue weighted by Crippen LogP contribution is 2.28. The standard InChI is InChI=1S/C12H14BrClFNO2S/c13-9-4-5-12(10(15)6-9)19(17,18)16-11-3-1-2-8(11)7-14/h4-6,8,11,16H,1-3,7H2. The van der Waals surface area contributed by atoms with Crippen molar-refractivity contribution in [3.8, 4) is 0 Å². The first-order chi connectivity index (χ1) is 8.94. The van der Waals surface area contributed by atoms with E-state index in [1.807, 2.05) is 0 Å². The van der Waals surface area contributed by atoms with Gasteiger partial charge >= 0.3 is 0 Å². The molecule has 0 amide bonds. The van der Waals surface area contributed by atoms with Crippen molar-refractivity contribution in [2.45, 2.75) is 30.2 Å². The normalized spacial score (nSPS) is 23.7. The summed E-state index contributed by atoms with van der Waals surface area (Å²) in [4.78, 5) is -0.323. The fourth-order valence-electron chi connectivity index (χ4n) is 2.33. The maximum atomic E-state index is 13.7. The average molecular weight is 371 g/mol. The molecule has 1 aromatic rings. The van der Waals surface area contributed by atoms with Crippen LogP contribution in [0.15, 0.2) is 27.6 Å². The Hall–Kier alpha value is -0.170. The molecule has 2 atom stereocenters. The number of nitrogens with one attached hydrogen (secondary N) is 1. The Morgan fingerprint density at radius 1 is 1.42 bits per heavy atom. The quantitative estimate of drug-likeness (QED) is 0.827.